The number of ether oxygens (including phenoxy) is 3. The molecule has 0 amide bonds. The maximum absolute atomic E-state index is 17.1. The van der Waals surface area contributed by atoms with Crippen molar-refractivity contribution >= 4 is 27.5 Å². The van der Waals surface area contributed by atoms with Gasteiger partial charge in [0.2, 0.25) is 0 Å². The highest BCUT2D eigenvalue weighted by Crippen LogP contribution is 2.51. The summed E-state index contributed by atoms with van der Waals surface area (Å²) in [5, 5.41) is 5.91. The van der Waals surface area contributed by atoms with Gasteiger partial charge in [0, 0.05) is 55.0 Å². The summed E-state index contributed by atoms with van der Waals surface area (Å²) in [6.45, 7) is 4.40. The van der Waals surface area contributed by atoms with E-state index in [9.17, 15) is 0 Å². The molecule has 236 valence electrons. The summed E-state index contributed by atoms with van der Waals surface area (Å²) in [6.07, 6.45) is 13.5. The van der Waals surface area contributed by atoms with Gasteiger partial charge in [0.15, 0.2) is 12.6 Å². The number of halogens is 1. The fraction of sp³-hybridized carbons (Fsp3) is 0.472. The molecular weight excluding hydrogens is 583 g/mol. The van der Waals surface area contributed by atoms with E-state index in [1.807, 2.05) is 24.3 Å². The summed E-state index contributed by atoms with van der Waals surface area (Å²) in [5.74, 6) is 4.89. The van der Waals surface area contributed by atoms with Crippen LogP contribution in [0.3, 0.4) is 0 Å². The first-order valence-electron chi connectivity index (χ1n) is 16.5. The fourth-order valence-corrected chi connectivity index (χ4v) is 8.87. The lowest BCUT2D eigenvalue weighted by molar-refractivity contribution is 0.0512. The molecule has 5 aliphatic rings. The molecule has 46 heavy (non-hydrogen) atoms. The van der Waals surface area contributed by atoms with E-state index in [4.69, 9.17) is 35.6 Å². The lowest BCUT2D eigenvalue weighted by atomic mass is 9.95. The number of terminal acetylenes is 1. The van der Waals surface area contributed by atoms with Crippen LogP contribution in [0.4, 0.5) is 10.2 Å². The van der Waals surface area contributed by atoms with E-state index in [-0.39, 0.29) is 29.6 Å². The summed E-state index contributed by atoms with van der Waals surface area (Å²) < 4.78 is 34.5. The van der Waals surface area contributed by atoms with E-state index in [0.29, 0.717) is 46.8 Å². The van der Waals surface area contributed by atoms with Crippen LogP contribution in [0.1, 0.15) is 37.7 Å². The average Bonchev–Trinajstić information content (AvgIpc) is 3.55. The van der Waals surface area contributed by atoms with Crippen LogP contribution in [0.25, 0.3) is 32.9 Å². The Morgan fingerprint density at radius 2 is 1.89 bits per heavy atom. The van der Waals surface area contributed by atoms with Crippen LogP contribution in [-0.4, -0.2) is 84.2 Å². The molecule has 2 aromatic heterocycles. The quantitative estimate of drug-likeness (QED) is 0.222. The zero-order valence-corrected chi connectivity index (χ0v) is 26.0. The van der Waals surface area contributed by atoms with Crippen LogP contribution in [-0.2, 0) is 4.74 Å². The van der Waals surface area contributed by atoms with Crippen molar-refractivity contribution < 1.29 is 18.6 Å². The highest BCUT2D eigenvalue weighted by Gasteiger charge is 2.57. The van der Waals surface area contributed by atoms with Crippen LogP contribution < -0.4 is 19.7 Å². The Kier molecular flexibility index (Phi) is 6.60. The average molecular weight is 621 g/mol. The molecule has 1 aliphatic carbocycles. The summed E-state index contributed by atoms with van der Waals surface area (Å²) in [4.78, 5) is 19.3. The molecule has 9 nitrogen and oxygen atoms in total. The van der Waals surface area contributed by atoms with Gasteiger partial charge in [-0.25, -0.2) is 4.39 Å². The fourth-order valence-electron chi connectivity index (χ4n) is 8.87. The Morgan fingerprint density at radius 1 is 1.09 bits per heavy atom. The molecule has 0 radical (unpaired) electrons. The number of methoxy groups -OCH3 is 1. The van der Waals surface area contributed by atoms with Gasteiger partial charge >= 0.3 is 6.01 Å². The van der Waals surface area contributed by atoms with E-state index in [1.54, 1.807) is 19.4 Å². The number of hydrogen-bond donors (Lipinski definition) is 1. The van der Waals surface area contributed by atoms with Crippen molar-refractivity contribution in [1.29, 1.82) is 0 Å². The molecule has 4 aliphatic heterocycles. The largest absolute Gasteiger partial charge is 0.468 e. The minimum absolute atomic E-state index is 0.0169. The number of benzene rings is 2. The molecule has 10 heteroatoms. The van der Waals surface area contributed by atoms with E-state index < -0.39 is 5.82 Å². The number of hydrogen-bond acceptors (Lipinski definition) is 9. The first-order chi connectivity index (χ1) is 22.5. The molecule has 2 aromatic carbocycles. The Balaban J connectivity index is 1.18. The lowest BCUT2D eigenvalue weighted by Crippen LogP contribution is -2.54. The lowest BCUT2D eigenvalue weighted by Gasteiger charge is -2.36. The molecule has 4 unspecified atom stereocenters. The molecule has 2 bridgehead atoms. The highest BCUT2D eigenvalue weighted by atomic mass is 19.1. The molecule has 9 rings (SSSR count). The van der Waals surface area contributed by atoms with Crippen molar-refractivity contribution in [3.8, 4) is 35.4 Å². The van der Waals surface area contributed by atoms with E-state index in [0.717, 1.165) is 61.6 Å². The van der Waals surface area contributed by atoms with Crippen LogP contribution in [0, 0.1) is 30.0 Å². The second-order valence-electron chi connectivity index (χ2n) is 13.6. The van der Waals surface area contributed by atoms with Crippen molar-refractivity contribution in [3.05, 3.63) is 47.9 Å². The Morgan fingerprint density at radius 3 is 2.65 bits per heavy atom. The predicted molar refractivity (Wildman–Crippen MR) is 173 cm³/mol. The highest BCUT2D eigenvalue weighted by molar-refractivity contribution is 6.03. The molecular formula is C36H37FN6O3. The number of aromatic nitrogens is 3. The normalized spacial score (nSPS) is 25.9. The number of piperidine rings is 1. The van der Waals surface area contributed by atoms with Crippen molar-refractivity contribution in [2.24, 2.45) is 11.8 Å². The molecule has 4 atom stereocenters. The third-order valence-electron chi connectivity index (χ3n) is 11.1. The minimum atomic E-state index is -0.537. The molecule has 4 aromatic rings. The smallest absolute Gasteiger partial charge is 0.319 e. The van der Waals surface area contributed by atoms with Gasteiger partial charge in [-0.15, -0.1) is 6.42 Å². The zero-order valence-electron chi connectivity index (χ0n) is 26.0. The van der Waals surface area contributed by atoms with E-state index in [1.165, 1.54) is 19.3 Å². The number of pyridine rings is 1. The number of fused-ring (bicyclic) bond motifs is 8. The molecule has 5 fully saturated rings. The Hall–Kier alpha value is -4.04. The third kappa shape index (κ3) is 4.43. The van der Waals surface area contributed by atoms with E-state index >= 15 is 4.39 Å². The summed E-state index contributed by atoms with van der Waals surface area (Å²) in [5.41, 5.74) is 1.54. The molecule has 6 heterocycles. The van der Waals surface area contributed by atoms with Crippen molar-refractivity contribution in [1.82, 2.24) is 25.2 Å². The number of nitrogens with zero attached hydrogens (tertiary/aromatic N) is 5. The van der Waals surface area contributed by atoms with Gasteiger partial charge in [-0.05, 0) is 80.6 Å². The summed E-state index contributed by atoms with van der Waals surface area (Å²) >= 11 is 0. The zero-order chi connectivity index (χ0) is 31.0. The first kappa shape index (κ1) is 28.2. The minimum Gasteiger partial charge on any atom is -0.468 e. The topological polar surface area (TPSA) is 84.9 Å². The molecule has 1 saturated carbocycles. The molecule has 0 spiro atoms. The van der Waals surface area contributed by atoms with Crippen LogP contribution in [0.5, 0.6) is 11.8 Å². The predicted octanol–water partition coefficient (Wildman–Crippen LogP) is 4.75. The van der Waals surface area contributed by atoms with Crippen molar-refractivity contribution in [3.63, 3.8) is 0 Å². The van der Waals surface area contributed by atoms with Gasteiger partial charge in [-0.1, -0.05) is 18.1 Å². The van der Waals surface area contributed by atoms with Gasteiger partial charge in [0.1, 0.15) is 29.4 Å². The summed E-state index contributed by atoms with van der Waals surface area (Å²) in [6, 6.07) is 10.4. The van der Waals surface area contributed by atoms with Crippen LogP contribution in [0.15, 0.2) is 36.5 Å². The van der Waals surface area contributed by atoms with Crippen molar-refractivity contribution in [2.45, 2.75) is 49.7 Å². The van der Waals surface area contributed by atoms with Gasteiger partial charge in [0.05, 0.1) is 10.9 Å². The second-order valence-corrected chi connectivity index (χ2v) is 13.6. The number of nitrogens with one attached hydrogen (secondary N) is 1. The standard InChI is InChI=1S/C36H37FN6O3/c1-3-21-7-4-8-22-13-23(46-20-44-2)14-26(30(21)22)32-31(37)33-27(16-38-32)34(42-17-28-24-15-25(24)29(18-42)39-28)41-35(40-33)45-19-36-9-5-11-43(36)12-6-10-36/h1,4,7-8,13-14,16,24-25,28-29,39H,5-6,9-12,15,17-20H2,2H3. The number of anilines is 1. The number of piperazine rings is 1. The van der Waals surface area contributed by atoms with E-state index in [2.05, 4.69) is 21.0 Å². The second kappa shape index (κ2) is 10.8. The maximum atomic E-state index is 17.1. The van der Waals surface area contributed by atoms with Gasteiger partial charge in [0.25, 0.3) is 0 Å². The monoisotopic (exact) mass is 620 g/mol. The molecule has 1 N–H and O–H groups in total. The van der Waals surface area contributed by atoms with Gasteiger partial charge in [-0.2, -0.15) is 9.97 Å². The molecule has 4 saturated heterocycles. The van der Waals surface area contributed by atoms with Gasteiger partial charge < -0.3 is 24.4 Å². The van der Waals surface area contributed by atoms with Crippen LogP contribution >= 0.6 is 0 Å². The Labute approximate surface area is 267 Å². The SMILES string of the molecule is C#Cc1cccc2cc(OCOC)cc(-c3ncc4c(N5CC6NC(C5)C5CC65)nc(OCC56CCCN5CCC6)nc4c3F)c12. The third-order valence-corrected chi connectivity index (χ3v) is 11.1. The Bertz CT molecular complexity index is 1890. The van der Waals surface area contributed by atoms with Crippen LogP contribution in [0.2, 0.25) is 0 Å². The maximum Gasteiger partial charge on any atom is 0.319 e. The first-order valence-corrected chi connectivity index (χ1v) is 16.5. The van der Waals surface area contributed by atoms with Gasteiger partial charge in [-0.3, -0.25) is 9.88 Å². The summed E-state index contributed by atoms with van der Waals surface area (Å²) in [7, 11) is 1.56. The number of rotatable bonds is 8. The van der Waals surface area contributed by atoms with Crippen molar-refractivity contribution in [2.75, 3.05) is 51.6 Å².